The lowest BCUT2D eigenvalue weighted by Crippen LogP contribution is -2.30. The smallest absolute Gasteiger partial charge is 0.317 e. The molecule has 0 aliphatic rings. The van der Waals surface area contributed by atoms with Gasteiger partial charge in [0.15, 0.2) is 11.7 Å². The fourth-order valence-corrected chi connectivity index (χ4v) is 3.07. The molecule has 140 valence electrons. The number of thioether (sulfide) groups is 1. The number of nitrogens with one attached hydrogen (secondary N) is 1. The Morgan fingerprint density at radius 3 is 2.85 bits per heavy atom. The van der Waals surface area contributed by atoms with Gasteiger partial charge in [-0.1, -0.05) is 41.6 Å². The molecule has 27 heavy (non-hydrogen) atoms. The molecule has 0 unspecified atom stereocenters. The molecule has 0 bridgehead atoms. The van der Waals surface area contributed by atoms with Crippen molar-refractivity contribution in [3.05, 3.63) is 53.1 Å². The fraction of sp³-hybridized carbons (Fsp3) is 0.211. The van der Waals surface area contributed by atoms with E-state index >= 15 is 0 Å². The van der Waals surface area contributed by atoms with E-state index in [0.717, 1.165) is 22.8 Å². The zero-order chi connectivity index (χ0) is 19.4. The number of para-hydroxylation sites is 2. The van der Waals surface area contributed by atoms with E-state index in [0.29, 0.717) is 21.5 Å². The molecule has 0 spiro atoms. The van der Waals surface area contributed by atoms with Crippen molar-refractivity contribution in [1.82, 2.24) is 4.98 Å². The maximum absolute atomic E-state index is 12.2. The summed E-state index contributed by atoms with van der Waals surface area (Å²) in [5.41, 5.74) is 2.81. The van der Waals surface area contributed by atoms with Gasteiger partial charge in [-0.2, -0.15) is 0 Å². The number of aryl methyl sites for hydroxylation is 1. The molecule has 6 nitrogen and oxygen atoms in total. The molecular formula is C19H17ClN2O4S. The Morgan fingerprint density at radius 1 is 1.30 bits per heavy atom. The van der Waals surface area contributed by atoms with Gasteiger partial charge in [0, 0.05) is 10.7 Å². The number of esters is 1. The Morgan fingerprint density at radius 2 is 2.07 bits per heavy atom. The zero-order valence-corrected chi connectivity index (χ0v) is 16.3. The first-order valence-corrected chi connectivity index (χ1v) is 9.53. The maximum atomic E-state index is 12.2. The zero-order valence-electron chi connectivity index (χ0n) is 14.7. The van der Waals surface area contributed by atoms with Gasteiger partial charge in [0.25, 0.3) is 11.1 Å². The summed E-state index contributed by atoms with van der Waals surface area (Å²) in [5, 5.41) is 3.59. The minimum absolute atomic E-state index is 0.0133. The number of halogens is 1. The van der Waals surface area contributed by atoms with Crippen LogP contribution in [-0.4, -0.2) is 28.7 Å². The monoisotopic (exact) mass is 404 g/mol. The van der Waals surface area contributed by atoms with E-state index in [1.54, 1.807) is 24.3 Å². The molecule has 2 aromatic carbocycles. The molecule has 0 fully saturated rings. The first kappa shape index (κ1) is 19.3. The Labute approximate surface area is 165 Å². The van der Waals surface area contributed by atoms with Crippen LogP contribution in [0.4, 0.5) is 5.69 Å². The van der Waals surface area contributed by atoms with Gasteiger partial charge in [0.05, 0.1) is 0 Å². The summed E-state index contributed by atoms with van der Waals surface area (Å²) in [6.07, 6.45) is -0.944. The number of aromatic nitrogens is 1. The van der Waals surface area contributed by atoms with E-state index in [-0.39, 0.29) is 5.75 Å². The van der Waals surface area contributed by atoms with Gasteiger partial charge in [-0.3, -0.25) is 9.59 Å². The van der Waals surface area contributed by atoms with Crippen molar-refractivity contribution >= 4 is 52.0 Å². The Balaban J connectivity index is 1.52. The number of carbonyl (C=O) groups excluding carboxylic acids is 2. The minimum atomic E-state index is -0.944. The molecule has 1 N–H and O–H groups in total. The van der Waals surface area contributed by atoms with E-state index in [2.05, 4.69) is 10.3 Å². The van der Waals surface area contributed by atoms with Crippen LogP contribution >= 0.6 is 23.4 Å². The standard InChI is InChI=1S/C19H17ClN2O4S/c1-11-7-8-13(20)9-15(11)21-18(24)12(2)25-17(23)10-27-19-22-14-5-3-4-6-16(14)26-19/h3-9,12H,10H2,1-2H3,(H,21,24)/t12-/m1/s1. The first-order chi connectivity index (χ1) is 12.9. The molecule has 0 saturated carbocycles. The van der Waals surface area contributed by atoms with Gasteiger partial charge >= 0.3 is 5.97 Å². The van der Waals surface area contributed by atoms with Crippen LogP contribution in [-0.2, 0) is 14.3 Å². The van der Waals surface area contributed by atoms with Crippen molar-refractivity contribution in [1.29, 1.82) is 0 Å². The number of benzene rings is 2. The Kier molecular flexibility index (Phi) is 6.03. The number of carbonyl (C=O) groups is 2. The third-order valence-electron chi connectivity index (χ3n) is 3.72. The summed E-state index contributed by atoms with van der Waals surface area (Å²) in [4.78, 5) is 28.5. The lowest BCUT2D eigenvalue weighted by molar-refractivity contribution is -0.150. The lowest BCUT2D eigenvalue weighted by Gasteiger charge is -2.14. The van der Waals surface area contributed by atoms with Crippen molar-refractivity contribution in [3.8, 4) is 0 Å². The Bertz CT molecular complexity index is 956. The predicted molar refractivity (Wildman–Crippen MR) is 105 cm³/mol. The Hall–Kier alpha value is -2.51. The molecule has 1 heterocycles. The number of hydrogen-bond acceptors (Lipinski definition) is 6. The van der Waals surface area contributed by atoms with Crippen molar-refractivity contribution < 1.29 is 18.7 Å². The highest BCUT2D eigenvalue weighted by Crippen LogP contribution is 2.23. The predicted octanol–water partition coefficient (Wildman–Crippen LogP) is 4.45. The van der Waals surface area contributed by atoms with E-state index in [1.807, 2.05) is 25.1 Å². The van der Waals surface area contributed by atoms with Crippen LogP contribution in [0.5, 0.6) is 0 Å². The summed E-state index contributed by atoms with van der Waals surface area (Å²) in [5.74, 6) is -0.978. The highest BCUT2D eigenvalue weighted by Gasteiger charge is 2.19. The van der Waals surface area contributed by atoms with Crippen LogP contribution < -0.4 is 5.32 Å². The molecule has 3 aromatic rings. The van der Waals surface area contributed by atoms with Gasteiger partial charge in [-0.15, -0.1) is 0 Å². The number of anilines is 1. The average Bonchev–Trinajstić information content (AvgIpc) is 3.06. The van der Waals surface area contributed by atoms with Gasteiger partial charge in [-0.25, -0.2) is 4.98 Å². The van der Waals surface area contributed by atoms with Gasteiger partial charge in [0.2, 0.25) is 0 Å². The van der Waals surface area contributed by atoms with Gasteiger partial charge in [0.1, 0.15) is 11.3 Å². The molecule has 0 aliphatic carbocycles. The molecule has 3 rings (SSSR count). The van der Waals surface area contributed by atoms with Crippen LogP contribution in [0, 0.1) is 6.92 Å². The van der Waals surface area contributed by atoms with Crippen LogP contribution in [0.2, 0.25) is 5.02 Å². The SMILES string of the molecule is Cc1ccc(Cl)cc1NC(=O)[C@@H](C)OC(=O)CSc1nc2ccccc2o1. The molecule has 8 heteroatoms. The molecule has 1 atom stereocenters. The van der Waals surface area contributed by atoms with Crippen LogP contribution in [0.1, 0.15) is 12.5 Å². The third-order valence-corrected chi connectivity index (χ3v) is 4.76. The molecule has 1 amide bonds. The number of ether oxygens (including phenoxy) is 1. The van der Waals surface area contributed by atoms with Crippen molar-refractivity contribution in [3.63, 3.8) is 0 Å². The molecular weight excluding hydrogens is 388 g/mol. The molecule has 1 aromatic heterocycles. The van der Waals surface area contributed by atoms with E-state index in [4.69, 9.17) is 20.8 Å². The number of fused-ring (bicyclic) bond motifs is 1. The number of nitrogens with zero attached hydrogens (tertiary/aromatic N) is 1. The summed E-state index contributed by atoms with van der Waals surface area (Å²) < 4.78 is 10.7. The second-order valence-electron chi connectivity index (χ2n) is 5.82. The number of rotatable bonds is 6. The summed E-state index contributed by atoms with van der Waals surface area (Å²) in [6.45, 7) is 3.36. The third kappa shape index (κ3) is 5.02. The second kappa shape index (κ2) is 8.45. The van der Waals surface area contributed by atoms with Crippen molar-refractivity contribution in [2.75, 3.05) is 11.1 Å². The normalized spacial score (nSPS) is 12.0. The lowest BCUT2D eigenvalue weighted by atomic mass is 10.2. The van der Waals surface area contributed by atoms with E-state index in [9.17, 15) is 9.59 Å². The van der Waals surface area contributed by atoms with E-state index in [1.165, 1.54) is 6.92 Å². The summed E-state index contributed by atoms with van der Waals surface area (Å²) >= 11 is 7.05. The number of amides is 1. The minimum Gasteiger partial charge on any atom is -0.452 e. The summed E-state index contributed by atoms with van der Waals surface area (Å²) in [6, 6.07) is 12.5. The number of hydrogen-bond donors (Lipinski definition) is 1. The highest BCUT2D eigenvalue weighted by molar-refractivity contribution is 7.99. The fourth-order valence-electron chi connectivity index (χ4n) is 2.28. The van der Waals surface area contributed by atoms with Crippen LogP contribution in [0.3, 0.4) is 0 Å². The van der Waals surface area contributed by atoms with Crippen LogP contribution in [0.25, 0.3) is 11.1 Å². The molecule has 0 aliphatic heterocycles. The number of oxazole rings is 1. The van der Waals surface area contributed by atoms with Gasteiger partial charge in [-0.05, 0) is 43.7 Å². The van der Waals surface area contributed by atoms with Crippen LogP contribution in [0.15, 0.2) is 52.1 Å². The largest absolute Gasteiger partial charge is 0.452 e. The quantitative estimate of drug-likeness (QED) is 0.482. The second-order valence-corrected chi connectivity index (χ2v) is 7.18. The van der Waals surface area contributed by atoms with Crippen molar-refractivity contribution in [2.24, 2.45) is 0 Å². The van der Waals surface area contributed by atoms with Crippen molar-refractivity contribution in [2.45, 2.75) is 25.2 Å². The first-order valence-electron chi connectivity index (χ1n) is 8.17. The maximum Gasteiger partial charge on any atom is 0.317 e. The topological polar surface area (TPSA) is 81.4 Å². The summed E-state index contributed by atoms with van der Waals surface area (Å²) in [7, 11) is 0. The van der Waals surface area contributed by atoms with E-state index < -0.39 is 18.0 Å². The van der Waals surface area contributed by atoms with Gasteiger partial charge < -0.3 is 14.5 Å². The average molecular weight is 405 g/mol. The highest BCUT2D eigenvalue weighted by atomic mass is 35.5. The molecule has 0 saturated heterocycles. The molecule has 0 radical (unpaired) electrons.